The van der Waals surface area contributed by atoms with Gasteiger partial charge in [0.05, 0.1) is 18.4 Å². The highest BCUT2D eigenvalue weighted by Gasteiger charge is 2.36. The summed E-state index contributed by atoms with van der Waals surface area (Å²) >= 11 is 0. The Balaban J connectivity index is 1.48. The highest BCUT2D eigenvalue weighted by Crippen LogP contribution is 2.23. The third kappa shape index (κ3) is 4.55. The van der Waals surface area contributed by atoms with E-state index in [1.54, 1.807) is 19.3 Å². The Kier molecular flexibility index (Phi) is 5.65. The van der Waals surface area contributed by atoms with Gasteiger partial charge < -0.3 is 10.2 Å². The maximum absolute atomic E-state index is 12.2. The van der Waals surface area contributed by atoms with E-state index in [9.17, 15) is 9.59 Å². The van der Waals surface area contributed by atoms with Gasteiger partial charge in [0.1, 0.15) is 0 Å². The van der Waals surface area contributed by atoms with Crippen molar-refractivity contribution in [2.75, 3.05) is 51.1 Å². The van der Waals surface area contributed by atoms with Crippen LogP contribution in [-0.2, 0) is 9.59 Å². The van der Waals surface area contributed by atoms with Gasteiger partial charge in [0.25, 0.3) is 0 Å². The second-order valence-corrected chi connectivity index (χ2v) is 7.07. The van der Waals surface area contributed by atoms with Crippen LogP contribution in [0.5, 0.6) is 0 Å². The van der Waals surface area contributed by atoms with Crippen molar-refractivity contribution >= 4 is 17.5 Å². The molecule has 0 aromatic carbocycles. The quantitative estimate of drug-likeness (QED) is 0.861. The average Bonchev–Trinajstić information content (AvgIpc) is 2.96. The van der Waals surface area contributed by atoms with Gasteiger partial charge in [-0.05, 0) is 18.1 Å². The highest BCUT2D eigenvalue weighted by atomic mass is 16.2. The van der Waals surface area contributed by atoms with Crippen molar-refractivity contribution in [2.24, 2.45) is 5.92 Å². The SMILES string of the molecule is CC(=O)N1CCN([C@@H]2CN(CC(=O)Nc3cccnc3)C[C@@H]2C)CC1. The van der Waals surface area contributed by atoms with Crippen LogP contribution in [0.3, 0.4) is 0 Å². The zero-order valence-corrected chi connectivity index (χ0v) is 15.0. The van der Waals surface area contributed by atoms with E-state index in [-0.39, 0.29) is 11.8 Å². The first-order valence-corrected chi connectivity index (χ1v) is 8.94. The molecular formula is C18H27N5O2. The number of anilines is 1. The largest absolute Gasteiger partial charge is 0.340 e. The number of hydrogen-bond acceptors (Lipinski definition) is 5. The molecule has 0 aliphatic carbocycles. The molecule has 3 heterocycles. The molecule has 0 radical (unpaired) electrons. The van der Waals surface area contributed by atoms with Crippen molar-refractivity contribution in [3.05, 3.63) is 24.5 Å². The van der Waals surface area contributed by atoms with Gasteiger partial charge in [-0.1, -0.05) is 6.92 Å². The maximum atomic E-state index is 12.2. The number of nitrogens with one attached hydrogen (secondary N) is 1. The maximum Gasteiger partial charge on any atom is 0.238 e. The molecule has 25 heavy (non-hydrogen) atoms. The van der Waals surface area contributed by atoms with E-state index in [1.165, 1.54) is 0 Å². The molecule has 1 aromatic heterocycles. The first-order valence-electron chi connectivity index (χ1n) is 8.94. The lowest BCUT2D eigenvalue weighted by molar-refractivity contribution is -0.131. The lowest BCUT2D eigenvalue weighted by Gasteiger charge is -2.39. The van der Waals surface area contributed by atoms with Gasteiger partial charge in [0.15, 0.2) is 0 Å². The fourth-order valence-electron chi connectivity index (χ4n) is 3.86. The second kappa shape index (κ2) is 7.93. The molecule has 136 valence electrons. The molecule has 2 saturated heterocycles. The van der Waals surface area contributed by atoms with Crippen LogP contribution in [0.2, 0.25) is 0 Å². The van der Waals surface area contributed by atoms with Crippen molar-refractivity contribution < 1.29 is 9.59 Å². The minimum Gasteiger partial charge on any atom is -0.340 e. The molecule has 3 rings (SSSR count). The lowest BCUT2D eigenvalue weighted by atomic mass is 10.0. The summed E-state index contributed by atoms with van der Waals surface area (Å²) in [7, 11) is 0. The third-order valence-electron chi connectivity index (χ3n) is 5.19. The van der Waals surface area contributed by atoms with E-state index in [2.05, 4.69) is 27.0 Å². The molecule has 0 bridgehead atoms. The normalized spacial score (nSPS) is 25.1. The Morgan fingerprint density at radius 3 is 2.64 bits per heavy atom. The monoisotopic (exact) mass is 345 g/mol. The Morgan fingerprint density at radius 2 is 2.00 bits per heavy atom. The molecule has 7 heteroatoms. The summed E-state index contributed by atoms with van der Waals surface area (Å²) < 4.78 is 0. The van der Waals surface area contributed by atoms with Gasteiger partial charge in [0, 0.05) is 58.4 Å². The molecule has 2 atom stereocenters. The predicted octanol–water partition coefficient (Wildman–Crippen LogP) is 0.505. The van der Waals surface area contributed by atoms with Crippen molar-refractivity contribution in [1.82, 2.24) is 19.7 Å². The van der Waals surface area contributed by atoms with Gasteiger partial charge in [-0.25, -0.2) is 0 Å². The highest BCUT2D eigenvalue weighted by molar-refractivity contribution is 5.92. The predicted molar refractivity (Wildman–Crippen MR) is 96.1 cm³/mol. The molecule has 2 aliphatic heterocycles. The van der Waals surface area contributed by atoms with Crippen molar-refractivity contribution in [2.45, 2.75) is 19.9 Å². The molecule has 0 unspecified atom stereocenters. The number of hydrogen-bond donors (Lipinski definition) is 1. The topological polar surface area (TPSA) is 68.8 Å². The van der Waals surface area contributed by atoms with Crippen molar-refractivity contribution in [3.63, 3.8) is 0 Å². The lowest BCUT2D eigenvalue weighted by Crippen LogP contribution is -2.53. The molecule has 7 nitrogen and oxygen atoms in total. The Labute approximate surface area is 149 Å². The zero-order valence-electron chi connectivity index (χ0n) is 15.0. The summed E-state index contributed by atoms with van der Waals surface area (Å²) in [6, 6.07) is 4.11. The molecule has 2 amide bonds. The number of carbonyl (C=O) groups excluding carboxylic acids is 2. The van der Waals surface area contributed by atoms with Gasteiger partial charge >= 0.3 is 0 Å². The van der Waals surface area contributed by atoms with Crippen LogP contribution in [0.25, 0.3) is 0 Å². The summed E-state index contributed by atoms with van der Waals surface area (Å²) in [5.74, 6) is 0.685. The number of aromatic nitrogens is 1. The zero-order chi connectivity index (χ0) is 17.8. The first kappa shape index (κ1) is 17.8. The van der Waals surface area contributed by atoms with Crippen LogP contribution in [0.1, 0.15) is 13.8 Å². The summed E-state index contributed by atoms with van der Waals surface area (Å²) in [6.45, 7) is 9.58. The number of likely N-dealkylation sites (tertiary alicyclic amines) is 1. The summed E-state index contributed by atoms with van der Waals surface area (Å²) in [5, 5.41) is 2.90. The molecular weight excluding hydrogens is 318 g/mol. The molecule has 0 saturated carbocycles. The van der Waals surface area contributed by atoms with Crippen molar-refractivity contribution in [3.8, 4) is 0 Å². The smallest absolute Gasteiger partial charge is 0.238 e. The number of rotatable bonds is 4. The molecule has 2 fully saturated rings. The van der Waals surface area contributed by atoms with Crippen LogP contribution in [0.15, 0.2) is 24.5 Å². The third-order valence-corrected chi connectivity index (χ3v) is 5.19. The second-order valence-electron chi connectivity index (χ2n) is 7.07. The Morgan fingerprint density at radius 1 is 1.24 bits per heavy atom. The minimum absolute atomic E-state index is 0.00208. The average molecular weight is 345 g/mol. The number of piperazine rings is 1. The van der Waals surface area contributed by atoms with Crippen LogP contribution < -0.4 is 5.32 Å². The molecule has 0 spiro atoms. The number of nitrogens with zero attached hydrogens (tertiary/aromatic N) is 4. The number of carbonyl (C=O) groups is 2. The van der Waals surface area contributed by atoms with E-state index in [0.29, 0.717) is 18.5 Å². The van der Waals surface area contributed by atoms with Crippen LogP contribution in [0, 0.1) is 5.92 Å². The minimum atomic E-state index is 0.00208. The van der Waals surface area contributed by atoms with Gasteiger partial charge in [-0.3, -0.25) is 24.4 Å². The Hall–Kier alpha value is -1.99. The summed E-state index contributed by atoms with van der Waals surface area (Å²) in [5.41, 5.74) is 0.733. The van der Waals surface area contributed by atoms with E-state index in [0.717, 1.165) is 45.0 Å². The van der Waals surface area contributed by atoms with Gasteiger partial charge in [-0.2, -0.15) is 0 Å². The fourth-order valence-corrected chi connectivity index (χ4v) is 3.86. The first-order chi connectivity index (χ1) is 12.0. The van der Waals surface area contributed by atoms with Crippen molar-refractivity contribution in [1.29, 1.82) is 0 Å². The number of pyridine rings is 1. The van der Waals surface area contributed by atoms with E-state index in [4.69, 9.17) is 0 Å². The van der Waals surface area contributed by atoms with Crippen LogP contribution in [-0.4, -0.2) is 83.4 Å². The van der Waals surface area contributed by atoms with Gasteiger partial charge in [-0.15, -0.1) is 0 Å². The standard InChI is InChI=1S/C18H27N5O2/c1-14-11-21(13-18(25)20-16-4-3-5-19-10-16)12-17(14)23-8-6-22(7-9-23)15(2)24/h3-5,10,14,17H,6-9,11-13H2,1-2H3,(H,20,25)/t14-,17+/m0/s1. The molecule has 2 aliphatic rings. The van der Waals surface area contributed by atoms with Crippen LogP contribution in [0.4, 0.5) is 5.69 Å². The number of amides is 2. The van der Waals surface area contributed by atoms with Crippen LogP contribution >= 0.6 is 0 Å². The van der Waals surface area contributed by atoms with Gasteiger partial charge in [0.2, 0.25) is 11.8 Å². The molecule has 1 N–H and O–H groups in total. The van der Waals surface area contributed by atoms with E-state index < -0.39 is 0 Å². The molecule has 1 aromatic rings. The summed E-state index contributed by atoms with van der Waals surface area (Å²) in [6.07, 6.45) is 3.34. The van der Waals surface area contributed by atoms with E-state index in [1.807, 2.05) is 17.0 Å². The summed E-state index contributed by atoms with van der Waals surface area (Å²) in [4.78, 5) is 34.3. The van der Waals surface area contributed by atoms with E-state index >= 15 is 0 Å². The fraction of sp³-hybridized carbons (Fsp3) is 0.611. The Bertz CT molecular complexity index is 601.